The molecule has 0 aliphatic heterocycles. The zero-order chi connectivity index (χ0) is 21.8. The van der Waals surface area contributed by atoms with Crippen LogP contribution in [0.4, 0.5) is 4.39 Å². The summed E-state index contributed by atoms with van der Waals surface area (Å²) in [7, 11) is 1.72. The van der Waals surface area contributed by atoms with Crippen LogP contribution < -0.4 is 0 Å². The Balaban J connectivity index is 1.91. The van der Waals surface area contributed by atoms with Gasteiger partial charge in [-0.2, -0.15) is 0 Å². The first-order valence-corrected chi connectivity index (χ1v) is 9.86. The zero-order valence-corrected chi connectivity index (χ0v) is 17.2. The number of hydrogen-bond donors (Lipinski definition) is 1. The van der Waals surface area contributed by atoms with E-state index in [1.807, 2.05) is 54.7 Å². The molecular weight excluding hydrogens is 389 g/mol. The summed E-state index contributed by atoms with van der Waals surface area (Å²) in [5.41, 5.74) is 6.08. The van der Waals surface area contributed by atoms with Crippen LogP contribution in [-0.4, -0.2) is 27.9 Å². The molecule has 2 heterocycles. The van der Waals surface area contributed by atoms with Crippen molar-refractivity contribution in [2.24, 2.45) is 4.99 Å². The van der Waals surface area contributed by atoms with Gasteiger partial charge in [-0.15, -0.1) is 0 Å². The Labute approximate surface area is 180 Å². The van der Waals surface area contributed by atoms with E-state index >= 15 is 0 Å². The van der Waals surface area contributed by atoms with Gasteiger partial charge < -0.3 is 9.67 Å². The molecule has 0 saturated carbocycles. The number of aromatic nitrogens is 2. The van der Waals surface area contributed by atoms with Gasteiger partial charge in [0.1, 0.15) is 5.82 Å². The summed E-state index contributed by atoms with van der Waals surface area (Å²) in [5, 5.41) is 10.4. The summed E-state index contributed by atoms with van der Waals surface area (Å²) in [6.45, 7) is 4.22. The van der Waals surface area contributed by atoms with Gasteiger partial charge in [0.15, 0.2) is 0 Å². The highest BCUT2D eigenvalue weighted by Crippen LogP contribution is 2.31. The van der Waals surface area contributed by atoms with E-state index in [2.05, 4.69) is 21.1 Å². The highest BCUT2D eigenvalue weighted by Gasteiger charge is 2.14. The predicted molar refractivity (Wildman–Crippen MR) is 125 cm³/mol. The largest absolute Gasteiger partial charge is 0.392 e. The number of aliphatic hydroxyl groups excluding tert-OH is 1. The van der Waals surface area contributed by atoms with E-state index in [0.29, 0.717) is 0 Å². The fourth-order valence-corrected chi connectivity index (χ4v) is 3.48. The molecule has 2 aromatic carbocycles. The Kier molecular flexibility index (Phi) is 5.87. The molecule has 4 aromatic rings. The van der Waals surface area contributed by atoms with Crippen molar-refractivity contribution in [3.8, 4) is 16.9 Å². The summed E-state index contributed by atoms with van der Waals surface area (Å²) in [6.07, 6.45) is 7.29. The third kappa shape index (κ3) is 4.22. The molecule has 4 rings (SSSR count). The molecule has 2 aromatic heterocycles. The molecule has 0 fully saturated rings. The van der Waals surface area contributed by atoms with Gasteiger partial charge in [0.2, 0.25) is 0 Å². The highest BCUT2D eigenvalue weighted by atomic mass is 19.1. The average molecular weight is 411 g/mol. The maximum absolute atomic E-state index is 13.4. The molecule has 1 N–H and O–H groups in total. The Bertz CT molecular complexity index is 1280. The van der Waals surface area contributed by atoms with Crippen molar-refractivity contribution in [2.75, 3.05) is 7.05 Å². The summed E-state index contributed by atoms with van der Waals surface area (Å²) in [6, 6.07) is 18.1. The van der Waals surface area contributed by atoms with Crippen molar-refractivity contribution in [2.45, 2.75) is 6.61 Å². The van der Waals surface area contributed by atoms with E-state index in [1.54, 1.807) is 25.4 Å². The summed E-state index contributed by atoms with van der Waals surface area (Å²) in [5.74, 6) is -0.279. The van der Waals surface area contributed by atoms with Gasteiger partial charge in [-0.1, -0.05) is 24.8 Å². The van der Waals surface area contributed by atoms with Crippen LogP contribution in [0.25, 0.3) is 33.4 Å². The van der Waals surface area contributed by atoms with E-state index in [1.165, 1.54) is 12.1 Å². The van der Waals surface area contributed by atoms with Crippen molar-refractivity contribution in [3.63, 3.8) is 0 Å². The van der Waals surface area contributed by atoms with Crippen LogP contribution in [0.2, 0.25) is 0 Å². The molecule has 0 atom stereocenters. The van der Waals surface area contributed by atoms with Crippen LogP contribution in [0.3, 0.4) is 0 Å². The first-order valence-electron chi connectivity index (χ1n) is 9.86. The van der Waals surface area contributed by atoms with Gasteiger partial charge in [-0.05, 0) is 65.7 Å². The molecule has 31 heavy (non-hydrogen) atoms. The number of aliphatic hydroxyl groups is 1. The molecular formula is C26H22FN3O. The average Bonchev–Trinajstić information content (AvgIpc) is 3.18. The second-order valence-corrected chi connectivity index (χ2v) is 7.12. The molecule has 0 aliphatic rings. The number of aliphatic imine (C=N–C) groups is 1. The van der Waals surface area contributed by atoms with Crippen molar-refractivity contribution in [1.29, 1.82) is 0 Å². The minimum Gasteiger partial charge on any atom is -0.392 e. The monoisotopic (exact) mass is 411 g/mol. The Hall–Kier alpha value is -3.83. The lowest BCUT2D eigenvalue weighted by atomic mass is 10.1. The number of rotatable bonds is 6. The minimum atomic E-state index is -0.279. The fraction of sp³-hybridized carbons (Fsp3) is 0.0769. The Morgan fingerprint density at radius 2 is 1.87 bits per heavy atom. The molecule has 0 saturated heterocycles. The number of halogens is 1. The van der Waals surface area contributed by atoms with E-state index in [-0.39, 0.29) is 12.4 Å². The molecule has 154 valence electrons. The lowest BCUT2D eigenvalue weighted by Crippen LogP contribution is -1.99. The highest BCUT2D eigenvalue weighted by molar-refractivity contribution is 5.91. The molecule has 0 amide bonds. The standard InChI is InChI=1S/C26H22FN3O/c1-18(4-3-13-28-2)25-14-21-16-29-24(20-7-9-22(27)10-8-20)15-26(21)30(25)23-11-5-19(17-31)6-12-23/h3-16,31H,1,17H2,2H3/b4-3-,28-13?. The topological polar surface area (TPSA) is 50.4 Å². The Morgan fingerprint density at radius 3 is 2.55 bits per heavy atom. The smallest absolute Gasteiger partial charge is 0.123 e. The zero-order valence-electron chi connectivity index (χ0n) is 17.2. The number of fused-ring (bicyclic) bond motifs is 1. The molecule has 0 spiro atoms. The van der Waals surface area contributed by atoms with Crippen LogP contribution in [0, 0.1) is 5.82 Å². The predicted octanol–water partition coefficient (Wildman–Crippen LogP) is 5.59. The van der Waals surface area contributed by atoms with Gasteiger partial charge >= 0.3 is 0 Å². The van der Waals surface area contributed by atoms with Gasteiger partial charge in [0.25, 0.3) is 0 Å². The third-order valence-corrected chi connectivity index (χ3v) is 5.06. The van der Waals surface area contributed by atoms with Crippen molar-refractivity contribution in [1.82, 2.24) is 9.55 Å². The molecule has 4 nitrogen and oxygen atoms in total. The lowest BCUT2D eigenvalue weighted by molar-refractivity contribution is 0.282. The van der Waals surface area contributed by atoms with Gasteiger partial charge in [0.05, 0.1) is 23.5 Å². The number of benzene rings is 2. The second-order valence-electron chi connectivity index (χ2n) is 7.12. The maximum atomic E-state index is 13.4. The van der Waals surface area contributed by atoms with E-state index < -0.39 is 0 Å². The molecule has 0 unspecified atom stereocenters. The minimum absolute atomic E-state index is 0.00992. The van der Waals surface area contributed by atoms with Gasteiger partial charge in [-0.25, -0.2) is 4.39 Å². The van der Waals surface area contributed by atoms with Crippen LogP contribution in [0.5, 0.6) is 0 Å². The summed E-state index contributed by atoms with van der Waals surface area (Å²) >= 11 is 0. The van der Waals surface area contributed by atoms with Crippen LogP contribution in [-0.2, 0) is 6.61 Å². The van der Waals surface area contributed by atoms with Crippen molar-refractivity contribution in [3.05, 3.63) is 103 Å². The van der Waals surface area contributed by atoms with Crippen LogP contribution in [0.1, 0.15) is 11.3 Å². The molecule has 0 aliphatic carbocycles. The second kappa shape index (κ2) is 8.90. The van der Waals surface area contributed by atoms with Crippen LogP contribution >= 0.6 is 0 Å². The lowest BCUT2D eigenvalue weighted by Gasteiger charge is -2.12. The van der Waals surface area contributed by atoms with Gasteiger partial charge in [-0.3, -0.25) is 9.98 Å². The third-order valence-electron chi connectivity index (χ3n) is 5.06. The van der Waals surface area contributed by atoms with E-state index in [0.717, 1.165) is 44.7 Å². The normalized spacial score (nSPS) is 11.7. The number of allylic oxidation sites excluding steroid dienone is 3. The van der Waals surface area contributed by atoms with Crippen molar-refractivity contribution < 1.29 is 9.50 Å². The molecule has 5 heteroatoms. The van der Waals surface area contributed by atoms with Gasteiger partial charge in [0, 0.05) is 36.1 Å². The first-order chi connectivity index (χ1) is 15.1. The van der Waals surface area contributed by atoms with E-state index in [9.17, 15) is 9.50 Å². The number of hydrogen-bond acceptors (Lipinski definition) is 3. The Morgan fingerprint density at radius 1 is 1.13 bits per heavy atom. The van der Waals surface area contributed by atoms with Crippen LogP contribution in [0.15, 0.2) is 90.6 Å². The van der Waals surface area contributed by atoms with Crippen molar-refractivity contribution >= 4 is 22.7 Å². The number of pyridine rings is 1. The maximum Gasteiger partial charge on any atom is 0.123 e. The molecule has 0 bridgehead atoms. The quantitative estimate of drug-likeness (QED) is 0.332. The first kappa shape index (κ1) is 20.4. The van der Waals surface area contributed by atoms with E-state index in [4.69, 9.17) is 0 Å². The molecule has 0 radical (unpaired) electrons. The summed E-state index contributed by atoms with van der Waals surface area (Å²) in [4.78, 5) is 8.55. The SMILES string of the molecule is C=C(/C=C\C=NC)c1cc2cnc(-c3ccc(F)cc3)cc2n1-c1ccc(CO)cc1. The summed E-state index contributed by atoms with van der Waals surface area (Å²) < 4.78 is 15.5. The fourth-order valence-electron chi connectivity index (χ4n) is 3.48. The number of nitrogens with zero attached hydrogens (tertiary/aromatic N) is 3.